The van der Waals surface area contributed by atoms with Gasteiger partial charge in [-0.15, -0.1) is 0 Å². The van der Waals surface area contributed by atoms with Crippen molar-refractivity contribution in [3.63, 3.8) is 0 Å². The van der Waals surface area contributed by atoms with Crippen LogP contribution in [0.2, 0.25) is 0 Å². The van der Waals surface area contributed by atoms with Crippen LogP contribution in [0.4, 0.5) is 0 Å². The predicted octanol–water partition coefficient (Wildman–Crippen LogP) is 0.192. The van der Waals surface area contributed by atoms with Gasteiger partial charge in [-0.1, -0.05) is 0 Å². The lowest BCUT2D eigenvalue weighted by Gasteiger charge is -1.77. The molecule has 0 atom stereocenters. The minimum Gasteiger partial charge on any atom is -0.405 e. The van der Waals surface area contributed by atoms with E-state index >= 15 is 0 Å². The average Bonchev–Trinajstić information content (AvgIpc) is 1.69. The van der Waals surface area contributed by atoms with Gasteiger partial charge in [0.05, 0.1) is 0 Å². The quantitative estimate of drug-likeness (QED) is 0.484. The highest BCUT2D eigenvalue weighted by atomic mass is 14.8. The van der Waals surface area contributed by atoms with Crippen LogP contribution in [-0.2, 0) is 0 Å². The van der Waals surface area contributed by atoms with E-state index in [1.54, 1.807) is 12.3 Å². The molecule has 0 aliphatic rings. The van der Waals surface area contributed by atoms with Crippen molar-refractivity contribution in [3.8, 4) is 0 Å². The van der Waals surface area contributed by atoms with Gasteiger partial charge in [0.15, 0.2) is 0 Å². The molecule has 0 aliphatic heterocycles. The van der Waals surface area contributed by atoms with Crippen molar-refractivity contribution < 1.29 is 0 Å². The van der Waals surface area contributed by atoms with Crippen molar-refractivity contribution in [2.75, 3.05) is 7.05 Å². The molecule has 0 amide bonds. The summed E-state index contributed by atoms with van der Waals surface area (Å²) in [4.78, 5) is 0. The van der Waals surface area contributed by atoms with Gasteiger partial charge in [-0.25, -0.2) is 0 Å². The Morgan fingerprint density at radius 3 is 2.57 bits per heavy atom. The first kappa shape index (κ1) is 6.08. The second-order valence-corrected chi connectivity index (χ2v) is 1.03. The molecule has 0 aromatic heterocycles. The van der Waals surface area contributed by atoms with Crippen LogP contribution in [0.3, 0.4) is 0 Å². The molecular weight excluding hydrogens is 88.1 g/mol. The summed E-state index contributed by atoms with van der Waals surface area (Å²) in [7, 11) is 1.83. The fourth-order valence-electron chi connectivity index (χ4n) is 0.216. The van der Waals surface area contributed by atoms with E-state index in [2.05, 4.69) is 5.32 Å². The summed E-state index contributed by atoms with van der Waals surface area (Å²) in [5, 5.41) is 2.82. The van der Waals surface area contributed by atoms with E-state index in [1.807, 2.05) is 13.1 Å². The van der Waals surface area contributed by atoms with E-state index < -0.39 is 0 Å². The van der Waals surface area contributed by atoms with Crippen molar-refractivity contribution in [1.82, 2.24) is 5.32 Å². The van der Waals surface area contributed by atoms with Gasteiger partial charge in [0.1, 0.15) is 0 Å². The van der Waals surface area contributed by atoms with Gasteiger partial charge >= 0.3 is 0 Å². The maximum absolute atomic E-state index is 5.01. The first-order valence-electron chi connectivity index (χ1n) is 2.12. The van der Waals surface area contributed by atoms with Crippen LogP contribution in [0.5, 0.6) is 0 Å². The standard InChI is InChI=1S/C5H10N2/c1-7-5-3-2-4-6/h2-5,7H,6H2,1H3/b4-2-,5-3-. The molecule has 0 heterocycles. The Labute approximate surface area is 43.7 Å². The van der Waals surface area contributed by atoms with Gasteiger partial charge in [0, 0.05) is 7.05 Å². The van der Waals surface area contributed by atoms with Crippen LogP contribution in [0.25, 0.3) is 0 Å². The zero-order valence-corrected chi connectivity index (χ0v) is 4.39. The summed E-state index contributed by atoms with van der Waals surface area (Å²) in [5.41, 5.74) is 5.01. The topological polar surface area (TPSA) is 38.0 Å². The lowest BCUT2D eigenvalue weighted by molar-refractivity contribution is 1.10. The molecule has 0 spiro atoms. The Bertz CT molecular complexity index is 74.1. The average molecular weight is 98.1 g/mol. The molecule has 0 saturated carbocycles. The Balaban J connectivity index is 3.09. The Hall–Kier alpha value is -0.920. The number of nitrogens with two attached hydrogens (primary N) is 1. The van der Waals surface area contributed by atoms with Crippen molar-refractivity contribution in [2.45, 2.75) is 0 Å². The number of rotatable bonds is 2. The van der Waals surface area contributed by atoms with E-state index in [4.69, 9.17) is 5.73 Å². The van der Waals surface area contributed by atoms with Crippen LogP contribution in [0, 0.1) is 0 Å². The van der Waals surface area contributed by atoms with E-state index in [9.17, 15) is 0 Å². The third-order valence-corrected chi connectivity index (χ3v) is 0.485. The minimum atomic E-state index is 1.48. The number of hydrogen-bond acceptors (Lipinski definition) is 2. The fourth-order valence-corrected chi connectivity index (χ4v) is 0.216. The van der Waals surface area contributed by atoms with E-state index in [-0.39, 0.29) is 0 Å². The Morgan fingerprint density at radius 2 is 2.14 bits per heavy atom. The summed E-state index contributed by atoms with van der Waals surface area (Å²) in [6.45, 7) is 0. The molecule has 40 valence electrons. The van der Waals surface area contributed by atoms with Crippen LogP contribution in [-0.4, -0.2) is 7.05 Å². The molecule has 0 rings (SSSR count). The molecule has 3 N–H and O–H groups in total. The summed E-state index contributed by atoms with van der Waals surface area (Å²) < 4.78 is 0. The molecule has 7 heavy (non-hydrogen) atoms. The maximum Gasteiger partial charge on any atom is 0.00277 e. The van der Waals surface area contributed by atoms with Crippen LogP contribution < -0.4 is 11.1 Å². The van der Waals surface area contributed by atoms with Gasteiger partial charge in [-0.2, -0.15) is 0 Å². The van der Waals surface area contributed by atoms with Crippen LogP contribution >= 0.6 is 0 Å². The summed E-state index contributed by atoms with van der Waals surface area (Å²) in [6, 6.07) is 0. The lowest BCUT2D eigenvalue weighted by atomic mass is 10.6. The second-order valence-electron chi connectivity index (χ2n) is 1.03. The minimum absolute atomic E-state index is 1.48. The first-order chi connectivity index (χ1) is 3.41. The number of hydrogen-bond donors (Lipinski definition) is 2. The molecular formula is C5H10N2. The Morgan fingerprint density at radius 1 is 1.43 bits per heavy atom. The number of nitrogens with one attached hydrogen (secondary N) is 1. The highest BCUT2D eigenvalue weighted by Crippen LogP contribution is 1.65. The Kier molecular flexibility index (Phi) is 4.41. The van der Waals surface area contributed by atoms with E-state index in [1.165, 1.54) is 6.20 Å². The number of allylic oxidation sites excluding steroid dienone is 2. The molecule has 0 unspecified atom stereocenters. The van der Waals surface area contributed by atoms with Crippen LogP contribution in [0.15, 0.2) is 24.6 Å². The van der Waals surface area contributed by atoms with Gasteiger partial charge in [0.2, 0.25) is 0 Å². The summed E-state index contributed by atoms with van der Waals surface area (Å²) >= 11 is 0. The van der Waals surface area contributed by atoms with Gasteiger partial charge in [-0.05, 0) is 24.6 Å². The zero-order chi connectivity index (χ0) is 5.54. The maximum atomic E-state index is 5.01. The van der Waals surface area contributed by atoms with Crippen LogP contribution in [0.1, 0.15) is 0 Å². The molecule has 2 heteroatoms. The third-order valence-electron chi connectivity index (χ3n) is 0.485. The molecule has 0 aliphatic carbocycles. The van der Waals surface area contributed by atoms with Gasteiger partial charge in [-0.3, -0.25) is 0 Å². The zero-order valence-electron chi connectivity index (χ0n) is 4.39. The molecule has 0 saturated heterocycles. The first-order valence-corrected chi connectivity index (χ1v) is 2.12. The van der Waals surface area contributed by atoms with Gasteiger partial charge in [0.25, 0.3) is 0 Å². The fraction of sp³-hybridized carbons (Fsp3) is 0.200. The van der Waals surface area contributed by atoms with Crippen molar-refractivity contribution in [3.05, 3.63) is 24.6 Å². The predicted molar refractivity (Wildman–Crippen MR) is 31.5 cm³/mol. The lowest BCUT2D eigenvalue weighted by Crippen LogP contribution is -1.89. The monoisotopic (exact) mass is 98.1 g/mol. The molecule has 0 fully saturated rings. The van der Waals surface area contributed by atoms with Crippen molar-refractivity contribution in [1.29, 1.82) is 0 Å². The van der Waals surface area contributed by atoms with E-state index in [0.717, 1.165) is 0 Å². The van der Waals surface area contributed by atoms with E-state index in [0.29, 0.717) is 0 Å². The second kappa shape index (κ2) is 5.08. The summed E-state index contributed by atoms with van der Waals surface area (Å²) in [5.74, 6) is 0. The van der Waals surface area contributed by atoms with Crippen molar-refractivity contribution >= 4 is 0 Å². The molecule has 2 nitrogen and oxygen atoms in total. The van der Waals surface area contributed by atoms with Crippen molar-refractivity contribution in [2.24, 2.45) is 5.73 Å². The third kappa shape index (κ3) is 5.08. The molecule has 0 aromatic carbocycles. The normalized spacial score (nSPS) is 11.0. The molecule has 0 radical (unpaired) electrons. The smallest absolute Gasteiger partial charge is 0.00277 e. The van der Waals surface area contributed by atoms with Gasteiger partial charge < -0.3 is 11.1 Å². The summed E-state index contributed by atoms with van der Waals surface area (Å²) in [6.07, 6.45) is 6.84. The highest BCUT2D eigenvalue weighted by molar-refractivity contribution is 4.98. The highest BCUT2D eigenvalue weighted by Gasteiger charge is 1.54. The SMILES string of the molecule is CN/C=C\C=C/N. The largest absolute Gasteiger partial charge is 0.405 e. The molecule has 0 aromatic rings. The molecule has 0 bridgehead atoms.